The van der Waals surface area contributed by atoms with Gasteiger partial charge in [0.05, 0.1) is 12.8 Å². The van der Waals surface area contributed by atoms with E-state index in [1.165, 1.54) is 7.11 Å². The first kappa shape index (κ1) is 10.6. The number of nitrogens with zero attached hydrogens (tertiary/aromatic N) is 1. The largest absolute Gasteiger partial charge is 0.465 e. The number of hydrogen-bond donors (Lipinski definition) is 2. The Labute approximate surface area is 82.6 Å². The van der Waals surface area contributed by atoms with E-state index in [9.17, 15) is 4.79 Å². The minimum absolute atomic E-state index is 0.182. The molecule has 0 fully saturated rings. The molecule has 1 rings (SSSR count). The van der Waals surface area contributed by atoms with Gasteiger partial charge in [-0.2, -0.15) is 5.10 Å². The van der Waals surface area contributed by atoms with Crippen molar-refractivity contribution in [2.24, 2.45) is 0 Å². The highest BCUT2D eigenvalue weighted by atomic mass is 16.5. The van der Waals surface area contributed by atoms with Gasteiger partial charge in [0, 0.05) is 5.41 Å². The van der Waals surface area contributed by atoms with Crippen molar-refractivity contribution in [3.63, 3.8) is 0 Å². The minimum atomic E-state index is -0.457. The van der Waals surface area contributed by atoms with E-state index >= 15 is 0 Å². The molecule has 5 heteroatoms. The molecule has 14 heavy (non-hydrogen) atoms. The number of esters is 1. The van der Waals surface area contributed by atoms with Crippen LogP contribution in [-0.4, -0.2) is 23.3 Å². The van der Waals surface area contributed by atoms with Crippen LogP contribution in [0.3, 0.4) is 0 Å². The molecule has 1 aromatic rings. The van der Waals surface area contributed by atoms with Gasteiger partial charge in [-0.1, -0.05) is 20.8 Å². The lowest BCUT2D eigenvalue weighted by atomic mass is 9.89. The molecular formula is C9H15N3O2. The number of H-pyrrole nitrogens is 1. The summed E-state index contributed by atoms with van der Waals surface area (Å²) in [5.74, 6) is -0.275. The van der Waals surface area contributed by atoms with Crippen LogP contribution in [0.5, 0.6) is 0 Å². The molecular weight excluding hydrogens is 182 g/mol. The van der Waals surface area contributed by atoms with Gasteiger partial charge in [-0.3, -0.25) is 5.10 Å². The summed E-state index contributed by atoms with van der Waals surface area (Å²) in [5.41, 5.74) is 6.39. The van der Waals surface area contributed by atoms with Gasteiger partial charge in [0.25, 0.3) is 0 Å². The van der Waals surface area contributed by atoms with Crippen molar-refractivity contribution < 1.29 is 9.53 Å². The van der Waals surface area contributed by atoms with Gasteiger partial charge in [-0.05, 0) is 0 Å². The SMILES string of the molecule is COC(=O)c1c(N)n[nH]c1C(C)(C)C. The molecule has 0 aliphatic carbocycles. The average molecular weight is 197 g/mol. The fraction of sp³-hybridized carbons (Fsp3) is 0.556. The molecule has 3 N–H and O–H groups in total. The summed E-state index contributed by atoms with van der Waals surface area (Å²) < 4.78 is 4.63. The maximum absolute atomic E-state index is 11.4. The van der Waals surface area contributed by atoms with Crippen molar-refractivity contribution in [2.75, 3.05) is 12.8 Å². The Hall–Kier alpha value is -1.52. The van der Waals surface area contributed by atoms with Crippen LogP contribution < -0.4 is 5.73 Å². The van der Waals surface area contributed by atoms with Crippen molar-refractivity contribution in [1.29, 1.82) is 0 Å². The van der Waals surface area contributed by atoms with Crippen molar-refractivity contribution in [3.05, 3.63) is 11.3 Å². The molecule has 0 aliphatic heterocycles. The number of carbonyl (C=O) groups is 1. The lowest BCUT2D eigenvalue weighted by Crippen LogP contribution is -2.17. The molecule has 1 aromatic heterocycles. The van der Waals surface area contributed by atoms with Crippen LogP contribution in [0.2, 0.25) is 0 Å². The van der Waals surface area contributed by atoms with Crippen LogP contribution in [0, 0.1) is 0 Å². The van der Waals surface area contributed by atoms with E-state index in [2.05, 4.69) is 14.9 Å². The monoisotopic (exact) mass is 197 g/mol. The number of nitrogen functional groups attached to an aromatic ring is 1. The predicted molar refractivity (Wildman–Crippen MR) is 53.0 cm³/mol. The summed E-state index contributed by atoms with van der Waals surface area (Å²) in [5, 5.41) is 6.56. The number of carbonyl (C=O) groups excluding carboxylic acids is 1. The van der Waals surface area contributed by atoms with Gasteiger partial charge < -0.3 is 10.5 Å². The molecule has 0 saturated heterocycles. The number of ether oxygens (including phenoxy) is 1. The summed E-state index contributed by atoms with van der Waals surface area (Å²) in [6, 6.07) is 0. The number of aromatic nitrogens is 2. The second-order valence-corrected chi connectivity index (χ2v) is 4.10. The highest BCUT2D eigenvalue weighted by Gasteiger charge is 2.27. The van der Waals surface area contributed by atoms with E-state index in [1.54, 1.807) is 0 Å². The molecule has 0 aromatic carbocycles. The highest BCUT2D eigenvalue weighted by Crippen LogP contribution is 2.27. The third kappa shape index (κ3) is 1.71. The molecule has 0 atom stereocenters. The Balaban J connectivity index is 3.26. The molecule has 78 valence electrons. The molecule has 0 unspecified atom stereocenters. The standard InChI is InChI=1S/C9H15N3O2/c1-9(2,3)6-5(8(13)14-4)7(10)12-11-6/h1-4H3,(H3,10,11,12). The Morgan fingerprint density at radius 3 is 2.50 bits per heavy atom. The molecule has 0 amide bonds. The summed E-state index contributed by atoms with van der Waals surface area (Å²) in [7, 11) is 1.32. The van der Waals surface area contributed by atoms with Crippen molar-refractivity contribution in [2.45, 2.75) is 26.2 Å². The molecule has 5 nitrogen and oxygen atoms in total. The lowest BCUT2D eigenvalue weighted by Gasteiger charge is -2.17. The fourth-order valence-electron chi connectivity index (χ4n) is 1.21. The number of aromatic amines is 1. The van der Waals surface area contributed by atoms with E-state index in [1.807, 2.05) is 20.8 Å². The second-order valence-electron chi connectivity index (χ2n) is 4.10. The van der Waals surface area contributed by atoms with Crippen LogP contribution in [0.15, 0.2) is 0 Å². The van der Waals surface area contributed by atoms with E-state index in [0.29, 0.717) is 11.3 Å². The van der Waals surface area contributed by atoms with Crippen molar-refractivity contribution >= 4 is 11.8 Å². The summed E-state index contributed by atoms with van der Waals surface area (Å²) >= 11 is 0. The van der Waals surface area contributed by atoms with Gasteiger partial charge >= 0.3 is 5.97 Å². The third-order valence-corrected chi connectivity index (χ3v) is 1.93. The normalized spacial score (nSPS) is 11.4. The van der Waals surface area contributed by atoms with Crippen LogP contribution in [0.4, 0.5) is 5.82 Å². The predicted octanol–water partition coefficient (Wildman–Crippen LogP) is 1.08. The number of hydrogen-bond acceptors (Lipinski definition) is 4. The summed E-state index contributed by atoms with van der Waals surface area (Å²) in [6.07, 6.45) is 0. The number of rotatable bonds is 1. The number of methoxy groups -OCH3 is 1. The second kappa shape index (κ2) is 3.32. The lowest BCUT2D eigenvalue weighted by molar-refractivity contribution is 0.0599. The zero-order valence-electron chi connectivity index (χ0n) is 8.84. The van der Waals surface area contributed by atoms with Crippen LogP contribution in [0.1, 0.15) is 36.8 Å². The molecule has 0 spiro atoms. The number of nitrogens with one attached hydrogen (secondary N) is 1. The van der Waals surface area contributed by atoms with E-state index in [-0.39, 0.29) is 11.2 Å². The molecule has 0 saturated carbocycles. The Morgan fingerprint density at radius 1 is 1.50 bits per heavy atom. The van der Waals surface area contributed by atoms with E-state index in [0.717, 1.165) is 0 Å². The Bertz CT molecular complexity index is 349. The maximum atomic E-state index is 11.4. The molecule has 0 bridgehead atoms. The quantitative estimate of drug-likeness (QED) is 0.660. The molecule has 0 aliphatic rings. The first-order chi connectivity index (χ1) is 6.38. The fourth-order valence-corrected chi connectivity index (χ4v) is 1.21. The zero-order chi connectivity index (χ0) is 10.9. The Morgan fingerprint density at radius 2 is 2.07 bits per heavy atom. The van der Waals surface area contributed by atoms with Crippen LogP contribution >= 0.6 is 0 Å². The van der Waals surface area contributed by atoms with Crippen molar-refractivity contribution in [3.8, 4) is 0 Å². The van der Waals surface area contributed by atoms with Gasteiger partial charge in [0.2, 0.25) is 0 Å². The molecule has 0 radical (unpaired) electrons. The average Bonchev–Trinajstić information content (AvgIpc) is 2.45. The highest BCUT2D eigenvalue weighted by molar-refractivity contribution is 5.95. The van der Waals surface area contributed by atoms with Gasteiger partial charge in [-0.25, -0.2) is 4.79 Å². The van der Waals surface area contributed by atoms with Gasteiger partial charge in [0.15, 0.2) is 5.82 Å². The number of nitrogens with two attached hydrogens (primary N) is 1. The minimum Gasteiger partial charge on any atom is -0.465 e. The maximum Gasteiger partial charge on any atom is 0.343 e. The van der Waals surface area contributed by atoms with Crippen LogP contribution in [-0.2, 0) is 10.2 Å². The summed E-state index contributed by atoms with van der Waals surface area (Å²) in [4.78, 5) is 11.4. The Kier molecular flexibility index (Phi) is 2.51. The van der Waals surface area contributed by atoms with Crippen LogP contribution in [0.25, 0.3) is 0 Å². The van der Waals surface area contributed by atoms with Gasteiger partial charge in [0.1, 0.15) is 5.56 Å². The zero-order valence-corrected chi connectivity index (χ0v) is 8.84. The first-order valence-electron chi connectivity index (χ1n) is 4.30. The first-order valence-corrected chi connectivity index (χ1v) is 4.30. The van der Waals surface area contributed by atoms with Crippen molar-refractivity contribution in [1.82, 2.24) is 10.2 Å². The van der Waals surface area contributed by atoms with E-state index < -0.39 is 5.97 Å². The molecule has 1 heterocycles. The smallest absolute Gasteiger partial charge is 0.343 e. The summed E-state index contributed by atoms with van der Waals surface area (Å²) in [6.45, 7) is 5.89. The van der Waals surface area contributed by atoms with E-state index in [4.69, 9.17) is 5.73 Å². The number of anilines is 1. The van der Waals surface area contributed by atoms with Gasteiger partial charge in [-0.15, -0.1) is 0 Å². The third-order valence-electron chi connectivity index (χ3n) is 1.93. The topological polar surface area (TPSA) is 81.0 Å².